The van der Waals surface area contributed by atoms with Crippen LogP contribution in [0.3, 0.4) is 0 Å². The number of aliphatic hydroxyl groups excluding tert-OH is 2. The van der Waals surface area contributed by atoms with E-state index in [-0.39, 0.29) is 12.5 Å². The Kier molecular flexibility index (Phi) is 46.9. The molecule has 0 aliphatic carbocycles. The highest BCUT2D eigenvalue weighted by Gasteiger charge is 2.17. The van der Waals surface area contributed by atoms with Gasteiger partial charge < -0.3 is 15.5 Å². The third-order valence-electron chi connectivity index (χ3n) is 10.8. The summed E-state index contributed by atoms with van der Waals surface area (Å²) in [5, 5.41) is 23.1. The number of amides is 1. The zero-order valence-corrected chi connectivity index (χ0v) is 38.3. The summed E-state index contributed by atoms with van der Waals surface area (Å²) in [6.45, 7) is 4.18. The lowest BCUT2D eigenvalue weighted by Crippen LogP contribution is -2.45. The Hall–Kier alpha value is -2.43. The lowest BCUT2D eigenvalue weighted by atomic mass is 10.0. The van der Waals surface area contributed by atoms with E-state index in [0.717, 1.165) is 70.6 Å². The van der Waals surface area contributed by atoms with Crippen LogP contribution in [-0.4, -0.2) is 34.9 Å². The summed E-state index contributed by atoms with van der Waals surface area (Å²) in [6, 6.07) is -0.655. The second kappa shape index (κ2) is 48.9. The van der Waals surface area contributed by atoms with Gasteiger partial charge in [-0.1, -0.05) is 227 Å². The maximum Gasteiger partial charge on any atom is 0.220 e. The summed E-state index contributed by atoms with van der Waals surface area (Å²) in [4.78, 5) is 12.4. The third-order valence-corrected chi connectivity index (χ3v) is 10.8. The molecule has 0 aliphatic rings. The molecule has 0 saturated heterocycles. The van der Waals surface area contributed by atoms with Gasteiger partial charge in [0.15, 0.2) is 0 Å². The number of hydrogen-bond donors (Lipinski definition) is 3. The number of carbonyl (C=O) groups is 1. The van der Waals surface area contributed by atoms with Gasteiger partial charge in [-0.3, -0.25) is 4.79 Å². The van der Waals surface area contributed by atoms with Gasteiger partial charge in [0, 0.05) is 6.42 Å². The van der Waals surface area contributed by atoms with Crippen molar-refractivity contribution >= 4 is 5.91 Å². The molecule has 0 heterocycles. The summed E-state index contributed by atoms with van der Waals surface area (Å²) in [5.74, 6) is -0.0888. The van der Waals surface area contributed by atoms with Crippen molar-refractivity contribution in [2.24, 2.45) is 0 Å². The first kappa shape index (κ1) is 55.6. The first-order chi connectivity index (χ1) is 28.7. The number of carbonyl (C=O) groups excluding carboxylic acids is 1. The average molecular weight is 806 g/mol. The van der Waals surface area contributed by atoms with Crippen molar-refractivity contribution < 1.29 is 15.0 Å². The van der Waals surface area contributed by atoms with Gasteiger partial charge in [0.1, 0.15) is 0 Å². The molecule has 0 spiro atoms. The summed E-state index contributed by atoms with van der Waals surface area (Å²) in [7, 11) is 0. The van der Waals surface area contributed by atoms with Gasteiger partial charge in [-0.05, 0) is 83.5 Å². The molecule has 0 aromatic heterocycles. The molecule has 0 radical (unpaired) electrons. The Balaban J connectivity index is 3.64. The number of allylic oxidation sites excluding steroid dienone is 13. The molecule has 0 aromatic rings. The Labute approximate surface area is 361 Å². The van der Waals surface area contributed by atoms with Crippen LogP contribution in [0.5, 0.6) is 0 Å². The van der Waals surface area contributed by atoms with Crippen LogP contribution in [0.15, 0.2) is 85.1 Å². The molecule has 0 rings (SSSR count). The molecule has 0 aromatic carbocycles. The Bertz CT molecular complexity index is 1050. The van der Waals surface area contributed by atoms with Crippen molar-refractivity contribution in [2.45, 2.75) is 244 Å². The second-order valence-electron chi connectivity index (χ2n) is 16.5. The van der Waals surface area contributed by atoms with E-state index in [1.54, 1.807) is 6.08 Å². The molecule has 1 amide bonds. The van der Waals surface area contributed by atoms with E-state index in [1.165, 1.54) is 141 Å². The highest BCUT2D eigenvalue weighted by Crippen LogP contribution is 2.15. The van der Waals surface area contributed by atoms with Crippen LogP contribution in [0.1, 0.15) is 232 Å². The predicted molar refractivity (Wildman–Crippen MR) is 257 cm³/mol. The fourth-order valence-corrected chi connectivity index (χ4v) is 7.08. The van der Waals surface area contributed by atoms with Crippen molar-refractivity contribution in [3.8, 4) is 0 Å². The quantitative estimate of drug-likeness (QED) is 0.0424. The first-order valence-electron chi connectivity index (χ1n) is 24.8. The number of hydrogen-bond acceptors (Lipinski definition) is 3. The predicted octanol–water partition coefficient (Wildman–Crippen LogP) is 16.0. The lowest BCUT2D eigenvalue weighted by Gasteiger charge is -2.19. The van der Waals surface area contributed by atoms with E-state index >= 15 is 0 Å². The van der Waals surface area contributed by atoms with Crippen molar-refractivity contribution in [3.05, 3.63) is 85.1 Å². The summed E-state index contributed by atoms with van der Waals surface area (Å²) < 4.78 is 0. The first-order valence-corrected chi connectivity index (χ1v) is 24.8. The Morgan fingerprint density at radius 2 is 0.776 bits per heavy atom. The molecule has 334 valence electrons. The zero-order chi connectivity index (χ0) is 42.1. The number of unbranched alkanes of at least 4 members (excludes halogenated alkanes) is 25. The fourth-order valence-electron chi connectivity index (χ4n) is 7.08. The highest BCUT2D eigenvalue weighted by molar-refractivity contribution is 5.76. The van der Waals surface area contributed by atoms with Gasteiger partial charge in [-0.25, -0.2) is 0 Å². The van der Waals surface area contributed by atoms with E-state index in [1.807, 2.05) is 6.08 Å². The molecule has 4 heteroatoms. The number of rotatable bonds is 44. The maximum atomic E-state index is 12.4. The summed E-state index contributed by atoms with van der Waals surface area (Å²) in [5.41, 5.74) is 0. The van der Waals surface area contributed by atoms with Crippen LogP contribution in [0.25, 0.3) is 0 Å². The van der Waals surface area contributed by atoms with Crippen molar-refractivity contribution in [2.75, 3.05) is 6.61 Å². The van der Waals surface area contributed by atoms with Gasteiger partial charge in [-0.15, -0.1) is 0 Å². The van der Waals surface area contributed by atoms with E-state index in [4.69, 9.17) is 0 Å². The molecule has 4 nitrogen and oxygen atoms in total. The van der Waals surface area contributed by atoms with Gasteiger partial charge >= 0.3 is 0 Å². The molecule has 0 aliphatic heterocycles. The van der Waals surface area contributed by atoms with Crippen molar-refractivity contribution in [3.63, 3.8) is 0 Å². The fraction of sp³-hybridized carbons (Fsp3) is 0.722. The monoisotopic (exact) mass is 806 g/mol. The van der Waals surface area contributed by atoms with Crippen LogP contribution in [-0.2, 0) is 4.79 Å². The minimum absolute atomic E-state index is 0.0888. The molecule has 0 fully saturated rings. The van der Waals surface area contributed by atoms with E-state index in [0.29, 0.717) is 6.42 Å². The standard InChI is InChI=1S/C54H95NO3/c1-3-5-7-9-11-13-15-17-19-21-23-25-26-27-28-30-31-33-35-37-39-41-43-45-47-49-53(57)52(51-56)55-54(58)50-48-46-44-42-40-38-36-34-32-29-24-22-20-18-16-14-12-10-8-6-4-2/h6,8,12,14,18,20,24,29,31,33,39,41,47,49,52-53,56-57H,3-5,7,9-11,13,15-17,19,21-23,25-28,30,32,34-38,40,42-46,48,50-51H2,1-2H3,(H,55,58)/b8-6-,14-12-,20-18-,29-24-,33-31+,41-39+,49-47+. The minimum atomic E-state index is -0.879. The van der Waals surface area contributed by atoms with Crippen LogP contribution < -0.4 is 5.32 Å². The molecular formula is C54H95NO3. The van der Waals surface area contributed by atoms with Gasteiger partial charge in [-0.2, -0.15) is 0 Å². The second-order valence-corrected chi connectivity index (χ2v) is 16.5. The van der Waals surface area contributed by atoms with Crippen molar-refractivity contribution in [1.29, 1.82) is 0 Å². The molecular weight excluding hydrogens is 711 g/mol. The topological polar surface area (TPSA) is 69.6 Å². The average Bonchev–Trinajstić information content (AvgIpc) is 3.23. The lowest BCUT2D eigenvalue weighted by molar-refractivity contribution is -0.123. The van der Waals surface area contributed by atoms with E-state index in [9.17, 15) is 15.0 Å². The molecule has 58 heavy (non-hydrogen) atoms. The third kappa shape index (κ3) is 44.7. The van der Waals surface area contributed by atoms with Crippen LogP contribution in [0.2, 0.25) is 0 Å². The summed E-state index contributed by atoms with van der Waals surface area (Å²) >= 11 is 0. The smallest absolute Gasteiger partial charge is 0.220 e. The molecule has 0 bridgehead atoms. The normalized spacial score (nSPS) is 13.7. The van der Waals surface area contributed by atoms with Crippen LogP contribution in [0, 0.1) is 0 Å². The van der Waals surface area contributed by atoms with Gasteiger partial charge in [0.25, 0.3) is 0 Å². The Morgan fingerprint density at radius 1 is 0.431 bits per heavy atom. The van der Waals surface area contributed by atoms with E-state index in [2.05, 4.69) is 92.1 Å². The van der Waals surface area contributed by atoms with Crippen molar-refractivity contribution in [1.82, 2.24) is 5.32 Å². The zero-order valence-electron chi connectivity index (χ0n) is 38.3. The Morgan fingerprint density at radius 3 is 1.21 bits per heavy atom. The molecule has 3 N–H and O–H groups in total. The van der Waals surface area contributed by atoms with Crippen LogP contribution in [0.4, 0.5) is 0 Å². The largest absolute Gasteiger partial charge is 0.394 e. The van der Waals surface area contributed by atoms with Crippen LogP contribution >= 0.6 is 0 Å². The van der Waals surface area contributed by atoms with Gasteiger partial charge in [0.2, 0.25) is 5.91 Å². The van der Waals surface area contributed by atoms with Gasteiger partial charge in [0.05, 0.1) is 18.8 Å². The SMILES string of the molecule is CC/C=C\C/C=C\C/C=C\C/C=C\CCCCCCCCCCC(=O)NC(CO)C(O)/C=C/CC/C=C/CC/C=C/CCCCCCCCCCCCCCCCC. The van der Waals surface area contributed by atoms with E-state index < -0.39 is 12.1 Å². The number of nitrogens with one attached hydrogen (secondary N) is 1. The molecule has 2 unspecified atom stereocenters. The molecule has 2 atom stereocenters. The highest BCUT2D eigenvalue weighted by atomic mass is 16.3. The maximum absolute atomic E-state index is 12.4. The minimum Gasteiger partial charge on any atom is -0.394 e. The number of aliphatic hydroxyl groups is 2. The summed E-state index contributed by atoms with van der Waals surface area (Å²) in [6.07, 6.45) is 71.4. The molecule has 0 saturated carbocycles.